The van der Waals surface area contributed by atoms with E-state index < -0.39 is 11.9 Å². The molecule has 0 spiro atoms. The van der Waals surface area contributed by atoms with Crippen molar-refractivity contribution in [3.8, 4) is 10.4 Å². The molecule has 0 radical (unpaired) electrons. The van der Waals surface area contributed by atoms with Gasteiger partial charge < -0.3 is 9.84 Å². The van der Waals surface area contributed by atoms with Crippen LogP contribution in [0.25, 0.3) is 10.4 Å². The van der Waals surface area contributed by atoms with E-state index in [1.165, 1.54) is 18.4 Å². The quantitative estimate of drug-likeness (QED) is 0.874. The van der Waals surface area contributed by atoms with Crippen molar-refractivity contribution < 1.29 is 19.4 Å². The maximum Gasteiger partial charge on any atom is 0.338 e. The molecule has 1 aromatic carbocycles. The van der Waals surface area contributed by atoms with Crippen molar-refractivity contribution in [2.24, 2.45) is 0 Å². The van der Waals surface area contributed by atoms with Crippen molar-refractivity contribution in [3.63, 3.8) is 0 Å². The number of methoxy groups -OCH3 is 1. The first-order chi connectivity index (χ1) is 9.04. The van der Waals surface area contributed by atoms with Gasteiger partial charge in [-0.25, -0.2) is 9.59 Å². The second kappa shape index (κ2) is 5.24. The van der Waals surface area contributed by atoms with Crippen LogP contribution in [0.5, 0.6) is 0 Å². The molecule has 19 heavy (non-hydrogen) atoms. The maximum atomic E-state index is 11.6. The molecule has 1 N–H and O–H groups in total. The van der Waals surface area contributed by atoms with E-state index in [1.807, 2.05) is 6.92 Å². The number of carboxylic acids is 1. The fraction of sp³-hybridized carbons (Fsp3) is 0.143. The van der Waals surface area contributed by atoms with Crippen LogP contribution in [0.4, 0.5) is 0 Å². The van der Waals surface area contributed by atoms with Crippen LogP contribution in [-0.4, -0.2) is 24.2 Å². The van der Waals surface area contributed by atoms with Gasteiger partial charge in [-0.05, 0) is 19.1 Å². The summed E-state index contributed by atoms with van der Waals surface area (Å²) in [5.41, 5.74) is 1.31. The number of carboxylic acid groups (broad SMARTS) is 1. The van der Waals surface area contributed by atoms with Gasteiger partial charge in [0.25, 0.3) is 0 Å². The van der Waals surface area contributed by atoms with Crippen LogP contribution in [0.15, 0.2) is 30.3 Å². The summed E-state index contributed by atoms with van der Waals surface area (Å²) in [5.74, 6) is -1.39. The summed E-state index contributed by atoms with van der Waals surface area (Å²) in [7, 11) is 1.32. The second-order valence-electron chi connectivity index (χ2n) is 3.92. The van der Waals surface area contributed by atoms with E-state index in [9.17, 15) is 14.7 Å². The number of benzene rings is 1. The van der Waals surface area contributed by atoms with Crippen LogP contribution in [0.1, 0.15) is 25.6 Å². The SMILES string of the molecule is COC(=O)c1cc(-c2ccccc2C(=O)O)sc1C. The van der Waals surface area contributed by atoms with E-state index >= 15 is 0 Å². The Labute approximate surface area is 114 Å². The van der Waals surface area contributed by atoms with E-state index in [1.54, 1.807) is 30.3 Å². The molecule has 2 rings (SSSR count). The summed E-state index contributed by atoms with van der Waals surface area (Å²) in [6.07, 6.45) is 0. The van der Waals surface area contributed by atoms with Crippen LogP contribution in [0.2, 0.25) is 0 Å². The van der Waals surface area contributed by atoms with Crippen LogP contribution in [-0.2, 0) is 4.74 Å². The standard InChI is InChI=1S/C14H12O4S/c1-8-11(14(17)18-2)7-12(19-8)9-5-3-4-6-10(9)13(15)16/h3-7H,1-2H3,(H,15,16). The lowest BCUT2D eigenvalue weighted by Crippen LogP contribution is -2.00. The molecule has 0 amide bonds. The zero-order valence-corrected chi connectivity index (χ0v) is 11.3. The summed E-state index contributed by atoms with van der Waals surface area (Å²) in [4.78, 5) is 24.3. The molecule has 0 aliphatic heterocycles. The van der Waals surface area contributed by atoms with E-state index in [4.69, 9.17) is 4.74 Å². The van der Waals surface area contributed by atoms with Gasteiger partial charge in [-0.15, -0.1) is 11.3 Å². The highest BCUT2D eigenvalue weighted by molar-refractivity contribution is 7.15. The zero-order chi connectivity index (χ0) is 14.0. The van der Waals surface area contributed by atoms with E-state index in [0.29, 0.717) is 11.1 Å². The molecule has 4 nitrogen and oxygen atoms in total. The van der Waals surface area contributed by atoms with Gasteiger partial charge in [0, 0.05) is 15.3 Å². The molecule has 0 aliphatic carbocycles. The predicted molar refractivity (Wildman–Crippen MR) is 72.8 cm³/mol. The molecule has 5 heteroatoms. The normalized spacial score (nSPS) is 10.2. The largest absolute Gasteiger partial charge is 0.478 e. The first kappa shape index (κ1) is 13.3. The molecule has 0 fully saturated rings. The lowest BCUT2D eigenvalue weighted by molar-refractivity contribution is 0.0600. The topological polar surface area (TPSA) is 63.6 Å². The first-order valence-corrected chi connectivity index (χ1v) is 6.37. The maximum absolute atomic E-state index is 11.6. The highest BCUT2D eigenvalue weighted by Crippen LogP contribution is 2.33. The highest BCUT2D eigenvalue weighted by Gasteiger charge is 2.17. The van der Waals surface area contributed by atoms with Gasteiger partial charge >= 0.3 is 11.9 Å². The fourth-order valence-corrected chi connectivity index (χ4v) is 2.86. The number of aryl methyl sites for hydroxylation is 1. The number of aromatic carboxylic acids is 1. The van der Waals surface area contributed by atoms with Crippen LogP contribution >= 0.6 is 11.3 Å². The molecule has 0 saturated carbocycles. The van der Waals surface area contributed by atoms with Crippen molar-refractivity contribution >= 4 is 23.3 Å². The smallest absolute Gasteiger partial charge is 0.338 e. The first-order valence-electron chi connectivity index (χ1n) is 5.56. The number of hydrogen-bond donors (Lipinski definition) is 1. The van der Waals surface area contributed by atoms with Gasteiger partial charge in [0.1, 0.15) is 0 Å². The minimum atomic E-state index is -0.985. The molecule has 0 bridgehead atoms. The van der Waals surface area contributed by atoms with Gasteiger partial charge in [0.2, 0.25) is 0 Å². The lowest BCUT2D eigenvalue weighted by Gasteiger charge is -2.02. The molecule has 0 unspecified atom stereocenters. The number of carbonyl (C=O) groups excluding carboxylic acids is 1. The summed E-state index contributed by atoms with van der Waals surface area (Å²) < 4.78 is 4.70. The number of thiophene rings is 1. The average Bonchev–Trinajstić information content (AvgIpc) is 2.79. The van der Waals surface area contributed by atoms with Crippen LogP contribution in [0.3, 0.4) is 0 Å². The summed E-state index contributed by atoms with van der Waals surface area (Å²) in [6, 6.07) is 8.40. The number of carbonyl (C=O) groups is 2. The Morgan fingerprint density at radius 2 is 1.89 bits per heavy atom. The molecular formula is C14H12O4S. The molecule has 1 heterocycles. The molecule has 98 valence electrons. The molecule has 2 aromatic rings. The Kier molecular flexibility index (Phi) is 3.66. The number of rotatable bonds is 3. The van der Waals surface area contributed by atoms with Crippen LogP contribution in [0, 0.1) is 6.92 Å². The van der Waals surface area contributed by atoms with Crippen LogP contribution < -0.4 is 0 Å². The molecule has 0 atom stereocenters. The third kappa shape index (κ3) is 2.51. The van der Waals surface area contributed by atoms with E-state index in [-0.39, 0.29) is 5.56 Å². The van der Waals surface area contributed by atoms with Crippen molar-refractivity contribution in [1.82, 2.24) is 0 Å². The molecule has 1 aromatic heterocycles. The minimum absolute atomic E-state index is 0.222. The number of ether oxygens (including phenoxy) is 1. The summed E-state index contributed by atoms with van der Waals surface area (Å²) >= 11 is 1.38. The fourth-order valence-electron chi connectivity index (χ4n) is 1.81. The number of hydrogen-bond acceptors (Lipinski definition) is 4. The highest BCUT2D eigenvalue weighted by atomic mass is 32.1. The monoisotopic (exact) mass is 276 g/mol. The predicted octanol–water partition coefficient (Wildman–Crippen LogP) is 3.21. The Bertz CT molecular complexity index is 643. The third-order valence-corrected chi connectivity index (χ3v) is 3.83. The Morgan fingerprint density at radius 3 is 2.53 bits per heavy atom. The molecule has 0 saturated heterocycles. The van der Waals surface area contributed by atoms with Crippen molar-refractivity contribution in [3.05, 3.63) is 46.3 Å². The zero-order valence-electron chi connectivity index (χ0n) is 10.5. The lowest BCUT2D eigenvalue weighted by atomic mass is 10.1. The Hall–Kier alpha value is -2.14. The Balaban J connectivity index is 2.55. The van der Waals surface area contributed by atoms with Gasteiger partial charge in [0.15, 0.2) is 0 Å². The third-order valence-electron chi connectivity index (χ3n) is 2.75. The molecular weight excluding hydrogens is 264 g/mol. The number of esters is 1. The average molecular weight is 276 g/mol. The van der Waals surface area contributed by atoms with Gasteiger partial charge in [-0.1, -0.05) is 18.2 Å². The van der Waals surface area contributed by atoms with Crippen molar-refractivity contribution in [2.75, 3.05) is 7.11 Å². The van der Waals surface area contributed by atoms with Crippen molar-refractivity contribution in [1.29, 1.82) is 0 Å². The Morgan fingerprint density at radius 1 is 1.21 bits per heavy atom. The minimum Gasteiger partial charge on any atom is -0.478 e. The van der Waals surface area contributed by atoms with Gasteiger partial charge in [-0.2, -0.15) is 0 Å². The van der Waals surface area contributed by atoms with E-state index in [2.05, 4.69) is 0 Å². The molecule has 0 aliphatic rings. The summed E-state index contributed by atoms with van der Waals surface area (Å²) in [6.45, 7) is 1.81. The van der Waals surface area contributed by atoms with Gasteiger partial charge in [-0.3, -0.25) is 0 Å². The van der Waals surface area contributed by atoms with E-state index in [0.717, 1.165) is 9.75 Å². The second-order valence-corrected chi connectivity index (χ2v) is 5.18. The van der Waals surface area contributed by atoms with Crippen molar-refractivity contribution in [2.45, 2.75) is 6.92 Å². The summed E-state index contributed by atoms with van der Waals surface area (Å²) in [5, 5.41) is 9.17. The van der Waals surface area contributed by atoms with Gasteiger partial charge in [0.05, 0.1) is 18.2 Å².